The van der Waals surface area contributed by atoms with Crippen LogP contribution in [0.4, 0.5) is 11.4 Å². The van der Waals surface area contributed by atoms with Crippen molar-refractivity contribution in [1.29, 1.82) is 0 Å². The number of nitro groups is 1. The fraction of sp³-hybridized carbons (Fsp3) is 0.526. The van der Waals surface area contributed by atoms with Gasteiger partial charge in [-0.2, -0.15) is 0 Å². The fourth-order valence-corrected chi connectivity index (χ4v) is 3.28. The molecule has 3 rings (SSSR count). The maximum absolute atomic E-state index is 12.8. The monoisotopic (exact) mass is 418 g/mol. The average molecular weight is 418 g/mol. The second-order valence-electron chi connectivity index (χ2n) is 6.72. The summed E-state index contributed by atoms with van der Waals surface area (Å²) < 4.78 is 12.5. The molecule has 0 radical (unpaired) electrons. The summed E-state index contributed by atoms with van der Waals surface area (Å²) in [5.74, 6) is -0.172. The van der Waals surface area contributed by atoms with Crippen LogP contribution < -0.4 is 4.90 Å². The first kappa shape index (κ1) is 21.7. The Morgan fingerprint density at radius 1 is 1.13 bits per heavy atom. The van der Waals surface area contributed by atoms with E-state index in [-0.39, 0.29) is 17.3 Å². The van der Waals surface area contributed by atoms with Gasteiger partial charge in [0.2, 0.25) is 0 Å². The van der Waals surface area contributed by atoms with E-state index in [9.17, 15) is 14.9 Å². The van der Waals surface area contributed by atoms with Gasteiger partial charge in [-0.3, -0.25) is 14.9 Å². The molecule has 1 aliphatic rings. The lowest BCUT2D eigenvalue weighted by Gasteiger charge is -2.35. The molecular weight excluding hydrogens is 392 g/mol. The van der Waals surface area contributed by atoms with Crippen LogP contribution in [0.15, 0.2) is 30.5 Å². The number of nitrogens with zero attached hydrogens (tertiary/aromatic N) is 6. The Morgan fingerprint density at radius 2 is 1.77 bits per heavy atom. The van der Waals surface area contributed by atoms with Crippen molar-refractivity contribution in [3.8, 4) is 0 Å². The van der Waals surface area contributed by atoms with E-state index in [1.807, 2.05) is 13.8 Å². The number of anilines is 1. The molecule has 1 saturated heterocycles. The van der Waals surface area contributed by atoms with Crippen molar-refractivity contribution in [3.05, 3.63) is 46.3 Å². The lowest BCUT2D eigenvalue weighted by molar-refractivity contribution is -0.384. The molecule has 0 saturated carbocycles. The third kappa shape index (κ3) is 5.30. The van der Waals surface area contributed by atoms with Crippen molar-refractivity contribution in [2.75, 3.05) is 44.3 Å². The third-order valence-electron chi connectivity index (χ3n) is 4.79. The van der Waals surface area contributed by atoms with Crippen LogP contribution in [-0.4, -0.2) is 76.4 Å². The van der Waals surface area contributed by atoms with E-state index in [4.69, 9.17) is 9.47 Å². The molecule has 30 heavy (non-hydrogen) atoms. The van der Waals surface area contributed by atoms with Crippen LogP contribution in [-0.2, 0) is 16.0 Å². The van der Waals surface area contributed by atoms with Crippen LogP contribution in [0.1, 0.15) is 24.3 Å². The number of carbonyl (C=O) groups excluding carboxylic acids is 1. The Hall–Kier alpha value is -3.05. The minimum absolute atomic E-state index is 0.0616. The number of hydrogen-bond acceptors (Lipinski definition) is 8. The average Bonchev–Trinajstić information content (AvgIpc) is 3.22. The van der Waals surface area contributed by atoms with Crippen LogP contribution in [0.25, 0.3) is 0 Å². The molecule has 11 nitrogen and oxygen atoms in total. The fourth-order valence-electron chi connectivity index (χ4n) is 3.28. The van der Waals surface area contributed by atoms with Crippen LogP contribution >= 0.6 is 0 Å². The zero-order valence-electron chi connectivity index (χ0n) is 17.1. The van der Waals surface area contributed by atoms with Crippen molar-refractivity contribution in [2.24, 2.45) is 0 Å². The smallest absolute Gasteiger partial charge is 0.276 e. The SMILES string of the molecule is CCOC(Cn1cc(C(=O)N2CCN(c3ccc([N+](=O)[O-])cc3)CC2)nn1)OCC. The van der Waals surface area contributed by atoms with Crippen LogP contribution in [0, 0.1) is 10.1 Å². The summed E-state index contributed by atoms with van der Waals surface area (Å²) in [4.78, 5) is 27.0. The number of nitro benzene ring substituents is 1. The number of ether oxygens (including phenoxy) is 2. The molecule has 2 heterocycles. The van der Waals surface area contributed by atoms with Gasteiger partial charge in [-0.15, -0.1) is 5.10 Å². The Labute approximate surface area is 174 Å². The summed E-state index contributed by atoms with van der Waals surface area (Å²) in [5.41, 5.74) is 1.24. The highest BCUT2D eigenvalue weighted by Gasteiger charge is 2.25. The highest BCUT2D eigenvalue weighted by molar-refractivity contribution is 5.92. The molecule has 162 valence electrons. The first-order valence-electron chi connectivity index (χ1n) is 9.93. The van der Waals surface area contributed by atoms with Gasteiger partial charge in [-0.25, -0.2) is 4.68 Å². The van der Waals surface area contributed by atoms with E-state index in [2.05, 4.69) is 15.2 Å². The Bertz CT molecular complexity index is 841. The van der Waals surface area contributed by atoms with Gasteiger partial charge in [-0.05, 0) is 26.0 Å². The molecule has 0 aliphatic carbocycles. The Balaban J connectivity index is 1.55. The van der Waals surface area contributed by atoms with Gasteiger partial charge >= 0.3 is 0 Å². The molecule has 11 heteroatoms. The molecule has 1 fully saturated rings. The molecule has 1 amide bonds. The largest absolute Gasteiger partial charge is 0.368 e. The predicted molar refractivity (Wildman–Crippen MR) is 108 cm³/mol. The summed E-state index contributed by atoms with van der Waals surface area (Å²) >= 11 is 0. The predicted octanol–water partition coefficient (Wildman–Crippen LogP) is 1.55. The normalized spacial score (nSPS) is 14.4. The number of aromatic nitrogens is 3. The first-order chi connectivity index (χ1) is 14.5. The Morgan fingerprint density at radius 3 is 2.33 bits per heavy atom. The quantitative estimate of drug-likeness (QED) is 0.342. The first-order valence-corrected chi connectivity index (χ1v) is 9.93. The summed E-state index contributed by atoms with van der Waals surface area (Å²) in [7, 11) is 0. The number of rotatable bonds is 9. The lowest BCUT2D eigenvalue weighted by Crippen LogP contribution is -2.48. The minimum Gasteiger partial charge on any atom is -0.368 e. The second kappa shape index (κ2) is 10.1. The van der Waals surface area contributed by atoms with Crippen molar-refractivity contribution in [1.82, 2.24) is 19.9 Å². The van der Waals surface area contributed by atoms with Crippen LogP contribution in [0.3, 0.4) is 0 Å². The molecule has 1 aliphatic heterocycles. The number of hydrogen-bond donors (Lipinski definition) is 0. The summed E-state index contributed by atoms with van der Waals surface area (Å²) in [6.07, 6.45) is 1.17. The van der Waals surface area contributed by atoms with E-state index in [1.165, 1.54) is 12.1 Å². The lowest BCUT2D eigenvalue weighted by atomic mass is 10.2. The van der Waals surface area contributed by atoms with Crippen molar-refractivity contribution < 1.29 is 19.2 Å². The van der Waals surface area contributed by atoms with Crippen molar-refractivity contribution in [3.63, 3.8) is 0 Å². The number of piperazine rings is 1. The summed E-state index contributed by atoms with van der Waals surface area (Å²) in [5, 5.41) is 18.8. The van der Waals surface area contributed by atoms with E-state index < -0.39 is 11.2 Å². The van der Waals surface area contributed by atoms with E-state index in [0.29, 0.717) is 45.9 Å². The minimum atomic E-state index is -0.435. The topological polar surface area (TPSA) is 116 Å². The van der Waals surface area contributed by atoms with Gasteiger partial charge in [0.15, 0.2) is 12.0 Å². The molecule has 2 aromatic rings. The van der Waals surface area contributed by atoms with Gasteiger partial charge in [0.05, 0.1) is 17.7 Å². The second-order valence-corrected chi connectivity index (χ2v) is 6.72. The highest BCUT2D eigenvalue weighted by atomic mass is 16.7. The molecule has 1 aromatic heterocycles. The zero-order valence-corrected chi connectivity index (χ0v) is 17.1. The van der Waals surface area contributed by atoms with Gasteiger partial charge in [-0.1, -0.05) is 5.21 Å². The van der Waals surface area contributed by atoms with Crippen molar-refractivity contribution >= 4 is 17.3 Å². The standard InChI is InChI=1S/C19H26N6O5/c1-3-29-18(30-4-2)14-24-13-17(20-21-24)19(26)23-11-9-22(10-12-23)15-5-7-16(8-6-15)25(27)28/h5-8,13,18H,3-4,9-12,14H2,1-2H3. The Kier molecular flexibility index (Phi) is 7.31. The number of non-ortho nitro benzene ring substituents is 1. The molecule has 0 unspecified atom stereocenters. The van der Waals surface area contributed by atoms with Gasteiger partial charge in [0, 0.05) is 57.2 Å². The van der Waals surface area contributed by atoms with Gasteiger partial charge in [0.1, 0.15) is 0 Å². The van der Waals surface area contributed by atoms with Crippen LogP contribution in [0.5, 0.6) is 0 Å². The van der Waals surface area contributed by atoms with E-state index >= 15 is 0 Å². The number of benzene rings is 1. The maximum atomic E-state index is 12.8. The molecular formula is C19H26N6O5. The molecule has 0 bridgehead atoms. The maximum Gasteiger partial charge on any atom is 0.276 e. The van der Waals surface area contributed by atoms with Gasteiger partial charge < -0.3 is 19.3 Å². The number of carbonyl (C=O) groups is 1. The van der Waals surface area contributed by atoms with E-state index in [0.717, 1.165) is 5.69 Å². The summed E-state index contributed by atoms with van der Waals surface area (Å²) in [6, 6.07) is 6.44. The molecule has 0 N–H and O–H groups in total. The van der Waals surface area contributed by atoms with E-state index in [1.54, 1.807) is 27.9 Å². The van der Waals surface area contributed by atoms with Crippen molar-refractivity contribution in [2.45, 2.75) is 26.7 Å². The third-order valence-corrected chi connectivity index (χ3v) is 4.79. The molecule has 1 aromatic carbocycles. The van der Waals surface area contributed by atoms with Gasteiger partial charge in [0.25, 0.3) is 11.6 Å². The summed E-state index contributed by atoms with van der Waals surface area (Å²) in [6.45, 7) is 7.50. The molecule has 0 atom stereocenters. The number of amides is 1. The van der Waals surface area contributed by atoms with Crippen LogP contribution in [0.2, 0.25) is 0 Å². The highest BCUT2D eigenvalue weighted by Crippen LogP contribution is 2.21. The zero-order chi connectivity index (χ0) is 21.5. The molecule has 0 spiro atoms.